The molecule has 0 spiro atoms. The number of nitrogens with zero attached hydrogens (tertiary/aromatic N) is 1. The van der Waals surface area contributed by atoms with Crippen LogP contribution in [-0.4, -0.2) is 22.9 Å². The second-order valence-electron chi connectivity index (χ2n) is 4.65. The third-order valence-electron chi connectivity index (χ3n) is 3.34. The number of rotatable bonds is 3. The Kier molecular flexibility index (Phi) is 3.51. The Balaban J connectivity index is 2.14. The lowest BCUT2D eigenvalue weighted by Gasteiger charge is -2.06. The fourth-order valence-corrected chi connectivity index (χ4v) is 2.28. The van der Waals surface area contributed by atoms with Crippen molar-refractivity contribution in [2.75, 3.05) is 7.05 Å². The number of carbonyl (C=O) groups is 1. The average molecular weight is 277 g/mol. The number of fused-ring (bicyclic) bond motifs is 1. The van der Waals surface area contributed by atoms with Crippen LogP contribution in [0, 0.1) is 0 Å². The first-order chi connectivity index (χ1) is 10.3. The molecule has 21 heavy (non-hydrogen) atoms. The molecule has 1 aromatic carbocycles. The lowest BCUT2D eigenvalue weighted by Crippen LogP contribution is -2.19. The van der Waals surface area contributed by atoms with E-state index in [1.54, 1.807) is 13.2 Å². The van der Waals surface area contributed by atoms with Crippen molar-refractivity contribution in [3.8, 4) is 0 Å². The molecule has 0 aliphatic heterocycles. The monoisotopic (exact) mass is 277 g/mol. The fraction of sp³-hybridized carbons (Fsp3) is 0.0588. The highest BCUT2D eigenvalue weighted by molar-refractivity contribution is 6.24. The molecule has 0 radical (unpaired) electrons. The number of hydrogen-bond acceptors (Lipinski definition) is 2. The van der Waals surface area contributed by atoms with Gasteiger partial charge in [-0.2, -0.15) is 0 Å². The summed E-state index contributed by atoms with van der Waals surface area (Å²) < 4.78 is 0. The summed E-state index contributed by atoms with van der Waals surface area (Å²) in [6.07, 6.45) is 5.49. The smallest absolute Gasteiger partial charge is 0.251 e. The van der Waals surface area contributed by atoms with Gasteiger partial charge in [-0.15, -0.1) is 0 Å². The highest BCUT2D eigenvalue weighted by Crippen LogP contribution is 2.23. The molecule has 3 rings (SSSR count). The van der Waals surface area contributed by atoms with E-state index in [-0.39, 0.29) is 5.91 Å². The summed E-state index contributed by atoms with van der Waals surface area (Å²) in [5, 5.41) is 3.69. The minimum Gasteiger partial charge on any atom is -0.355 e. The molecule has 0 atom stereocenters. The zero-order valence-corrected chi connectivity index (χ0v) is 11.6. The largest absolute Gasteiger partial charge is 0.355 e. The van der Waals surface area contributed by atoms with Gasteiger partial charge in [-0.25, -0.2) is 4.98 Å². The Hall–Kier alpha value is -2.88. The van der Waals surface area contributed by atoms with Crippen LogP contribution in [0.5, 0.6) is 0 Å². The number of benzene rings is 1. The van der Waals surface area contributed by atoms with Gasteiger partial charge in [-0.05, 0) is 23.8 Å². The Morgan fingerprint density at radius 3 is 2.76 bits per heavy atom. The van der Waals surface area contributed by atoms with Crippen molar-refractivity contribution in [2.24, 2.45) is 0 Å². The van der Waals surface area contributed by atoms with Gasteiger partial charge in [0.05, 0.1) is 0 Å². The third kappa shape index (κ3) is 2.56. The zero-order chi connectivity index (χ0) is 14.7. The predicted octanol–water partition coefficient (Wildman–Crippen LogP) is 2.85. The van der Waals surface area contributed by atoms with Crippen LogP contribution in [0.2, 0.25) is 0 Å². The van der Waals surface area contributed by atoms with E-state index in [9.17, 15) is 4.79 Å². The summed E-state index contributed by atoms with van der Waals surface area (Å²) in [6, 6.07) is 13.5. The van der Waals surface area contributed by atoms with Crippen LogP contribution in [0.1, 0.15) is 11.1 Å². The van der Waals surface area contributed by atoms with E-state index in [0.29, 0.717) is 5.57 Å². The maximum atomic E-state index is 12.2. The van der Waals surface area contributed by atoms with E-state index in [1.807, 2.05) is 54.7 Å². The number of H-pyrrole nitrogens is 1. The van der Waals surface area contributed by atoms with Gasteiger partial charge in [-0.1, -0.05) is 30.3 Å². The molecular formula is C17H15N3O. The van der Waals surface area contributed by atoms with E-state index in [1.165, 1.54) is 0 Å². The van der Waals surface area contributed by atoms with E-state index in [4.69, 9.17) is 0 Å². The Morgan fingerprint density at radius 1 is 1.19 bits per heavy atom. The van der Waals surface area contributed by atoms with Gasteiger partial charge in [-0.3, -0.25) is 4.79 Å². The summed E-state index contributed by atoms with van der Waals surface area (Å²) in [7, 11) is 1.63. The maximum Gasteiger partial charge on any atom is 0.251 e. The SMILES string of the molecule is CNC(=O)C(=Cc1c[nH]c2ncccc12)c1ccccc1. The van der Waals surface area contributed by atoms with Gasteiger partial charge in [0.15, 0.2) is 0 Å². The molecule has 2 N–H and O–H groups in total. The van der Waals surface area contributed by atoms with Crippen LogP contribution >= 0.6 is 0 Å². The second-order valence-corrected chi connectivity index (χ2v) is 4.65. The molecular weight excluding hydrogens is 262 g/mol. The minimum absolute atomic E-state index is 0.112. The topological polar surface area (TPSA) is 57.8 Å². The van der Waals surface area contributed by atoms with E-state index >= 15 is 0 Å². The number of hydrogen-bond donors (Lipinski definition) is 2. The van der Waals surface area contributed by atoms with Gasteiger partial charge >= 0.3 is 0 Å². The quantitative estimate of drug-likeness (QED) is 0.723. The summed E-state index contributed by atoms with van der Waals surface area (Å²) >= 11 is 0. The molecule has 0 aliphatic carbocycles. The van der Waals surface area contributed by atoms with Crippen LogP contribution in [0.3, 0.4) is 0 Å². The third-order valence-corrected chi connectivity index (χ3v) is 3.34. The predicted molar refractivity (Wildman–Crippen MR) is 84.5 cm³/mol. The zero-order valence-electron chi connectivity index (χ0n) is 11.6. The number of carbonyl (C=O) groups excluding carboxylic acids is 1. The van der Waals surface area contributed by atoms with Gasteiger partial charge < -0.3 is 10.3 Å². The van der Waals surface area contributed by atoms with Crippen LogP contribution in [0.15, 0.2) is 54.9 Å². The van der Waals surface area contributed by atoms with Crippen LogP contribution < -0.4 is 5.32 Å². The molecule has 0 aliphatic rings. The van der Waals surface area contributed by atoms with Crippen molar-refractivity contribution >= 4 is 28.6 Å². The molecule has 0 saturated carbocycles. The van der Waals surface area contributed by atoms with Crippen molar-refractivity contribution in [3.05, 3.63) is 66.0 Å². The molecule has 0 fully saturated rings. The number of aromatic nitrogens is 2. The molecule has 104 valence electrons. The second kappa shape index (κ2) is 5.63. The Morgan fingerprint density at radius 2 is 2.00 bits per heavy atom. The number of likely N-dealkylation sites (N-methyl/N-ethyl adjacent to an activating group) is 1. The van der Waals surface area contributed by atoms with Crippen molar-refractivity contribution in [2.45, 2.75) is 0 Å². The van der Waals surface area contributed by atoms with E-state index in [2.05, 4.69) is 15.3 Å². The van der Waals surface area contributed by atoms with Gasteiger partial charge in [0.25, 0.3) is 5.91 Å². The van der Waals surface area contributed by atoms with Crippen molar-refractivity contribution in [1.29, 1.82) is 0 Å². The van der Waals surface area contributed by atoms with Crippen molar-refractivity contribution in [3.63, 3.8) is 0 Å². The molecule has 0 unspecified atom stereocenters. The molecule has 1 amide bonds. The lowest BCUT2D eigenvalue weighted by atomic mass is 10.0. The van der Waals surface area contributed by atoms with Crippen LogP contribution in [-0.2, 0) is 4.79 Å². The number of nitrogens with one attached hydrogen (secondary N) is 2. The number of pyridine rings is 1. The Bertz CT molecular complexity index is 803. The fourth-order valence-electron chi connectivity index (χ4n) is 2.28. The molecule has 0 bridgehead atoms. The number of aromatic amines is 1. The lowest BCUT2D eigenvalue weighted by molar-refractivity contribution is -0.115. The summed E-state index contributed by atoms with van der Waals surface area (Å²) in [5.41, 5.74) is 3.27. The normalized spacial score (nSPS) is 11.6. The summed E-state index contributed by atoms with van der Waals surface area (Å²) in [4.78, 5) is 19.5. The first-order valence-electron chi connectivity index (χ1n) is 6.71. The van der Waals surface area contributed by atoms with Crippen molar-refractivity contribution < 1.29 is 4.79 Å². The first kappa shape index (κ1) is 13.1. The Labute approximate surface area is 122 Å². The van der Waals surface area contributed by atoms with E-state index in [0.717, 1.165) is 22.2 Å². The highest BCUT2D eigenvalue weighted by atomic mass is 16.1. The molecule has 4 nitrogen and oxygen atoms in total. The average Bonchev–Trinajstić information content (AvgIpc) is 2.96. The van der Waals surface area contributed by atoms with E-state index < -0.39 is 0 Å². The molecule has 4 heteroatoms. The van der Waals surface area contributed by atoms with Crippen molar-refractivity contribution in [1.82, 2.24) is 15.3 Å². The summed E-state index contributed by atoms with van der Waals surface area (Å²) in [5.74, 6) is -0.112. The number of amides is 1. The van der Waals surface area contributed by atoms with Gasteiger partial charge in [0, 0.05) is 36.0 Å². The molecule has 0 saturated heterocycles. The maximum absolute atomic E-state index is 12.2. The van der Waals surface area contributed by atoms with Gasteiger partial charge in [0.2, 0.25) is 0 Å². The first-order valence-corrected chi connectivity index (χ1v) is 6.71. The molecule has 3 aromatic rings. The summed E-state index contributed by atoms with van der Waals surface area (Å²) in [6.45, 7) is 0. The van der Waals surface area contributed by atoms with Crippen LogP contribution in [0.25, 0.3) is 22.7 Å². The van der Waals surface area contributed by atoms with Gasteiger partial charge in [0.1, 0.15) is 5.65 Å². The standard InChI is InChI=1S/C17H15N3O/c1-18-17(21)15(12-6-3-2-4-7-12)10-13-11-20-16-14(13)8-5-9-19-16/h2-11H,1H3,(H,18,21)(H,19,20). The molecule has 2 heterocycles. The highest BCUT2D eigenvalue weighted by Gasteiger charge is 2.11. The minimum atomic E-state index is -0.112. The molecule has 2 aromatic heterocycles. The van der Waals surface area contributed by atoms with Crippen LogP contribution in [0.4, 0.5) is 0 Å².